The Kier molecular flexibility index (Phi) is 5.65. The highest BCUT2D eigenvalue weighted by atomic mass is 79.9. The Bertz CT molecular complexity index is 562. The maximum Gasteiger partial charge on any atom is 0.127 e. The Morgan fingerprint density at radius 2 is 1.57 bits per heavy atom. The van der Waals surface area contributed by atoms with Gasteiger partial charge in [-0.2, -0.15) is 0 Å². The third-order valence-electron chi connectivity index (χ3n) is 3.37. The number of nitrogens with one attached hydrogen (secondary N) is 1. The number of benzene rings is 2. The summed E-state index contributed by atoms with van der Waals surface area (Å²) >= 11 is 3.48. The van der Waals surface area contributed by atoms with Gasteiger partial charge in [-0.1, -0.05) is 41.1 Å². The second kappa shape index (κ2) is 7.48. The van der Waals surface area contributed by atoms with Crippen LogP contribution in [-0.4, -0.2) is 20.8 Å². The van der Waals surface area contributed by atoms with Crippen LogP contribution >= 0.6 is 15.9 Å². The van der Waals surface area contributed by atoms with E-state index in [4.69, 9.17) is 9.47 Å². The molecule has 0 aliphatic heterocycles. The first-order valence-electron chi connectivity index (χ1n) is 6.91. The monoisotopic (exact) mass is 349 g/mol. The summed E-state index contributed by atoms with van der Waals surface area (Å²) in [5.74, 6) is 1.64. The number of ether oxygens (including phenoxy) is 2. The molecule has 0 saturated heterocycles. The van der Waals surface area contributed by atoms with Gasteiger partial charge in [0, 0.05) is 4.47 Å². The minimum absolute atomic E-state index is 0.0224. The van der Waals surface area contributed by atoms with Crippen LogP contribution in [0.1, 0.15) is 24.1 Å². The van der Waals surface area contributed by atoms with Crippen molar-refractivity contribution in [3.8, 4) is 11.5 Å². The van der Waals surface area contributed by atoms with Crippen LogP contribution in [0.3, 0.4) is 0 Å². The van der Waals surface area contributed by atoms with Crippen LogP contribution in [0.5, 0.6) is 11.5 Å². The molecule has 0 bridgehead atoms. The molecular formula is C17H20BrNO2. The van der Waals surface area contributed by atoms with E-state index in [1.54, 1.807) is 14.2 Å². The van der Waals surface area contributed by atoms with Crippen LogP contribution in [0.2, 0.25) is 0 Å². The lowest BCUT2D eigenvalue weighted by molar-refractivity contribution is 0.377. The van der Waals surface area contributed by atoms with E-state index in [1.807, 2.05) is 30.3 Å². The molecule has 21 heavy (non-hydrogen) atoms. The van der Waals surface area contributed by atoms with Gasteiger partial charge in [0.2, 0.25) is 0 Å². The largest absolute Gasteiger partial charge is 0.496 e. The summed E-state index contributed by atoms with van der Waals surface area (Å²) in [6, 6.07) is 14.2. The molecular weight excluding hydrogens is 330 g/mol. The molecule has 0 fully saturated rings. The van der Waals surface area contributed by atoms with Gasteiger partial charge in [0.05, 0.1) is 25.8 Å². The number of methoxy groups -OCH3 is 2. The quantitative estimate of drug-likeness (QED) is 0.848. The number of rotatable bonds is 6. The Hall–Kier alpha value is -1.52. The lowest BCUT2D eigenvalue weighted by Gasteiger charge is -2.23. The molecule has 1 unspecified atom stereocenters. The zero-order valence-corrected chi connectivity index (χ0v) is 14.1. The van der Waals surface area contributed by atoms with E-state index >= 15 is 0 Å². The highest BCUT2D eigenvalue weighted by Crippen LogP contribution is 2.37. The molecule has 0 aromatic heterocycles. The molecule has 0 saturated carbocycles. The standard InChI is InChI=1S/C17H20BrNO2/c1-4-19-17(12-8-10-13(18)11-9-12)16-14(20-2)6-5-7-15(16)21-3/h5-11,17,19H,4H2,1-3H3. The second-order valence-corrected chi connectivity index (χ2v) is 5.53. The highest BCUT2D eigenvalue weighted by Gasteiger charge is 2.21. The average molecular weight is 350 g/mol. The van der Waals surface area contributed by atoms with E-state index in [-0.39, 0.29) is 6.04 Å². The molecule has 4 heteroatoms. The molecule has 0 aliphatic carbocycles. The van der Waals surface area contributed by atoms with Gasteiger partial charge in [-0.25, -0.2) is 0 Å². The molecule has 2 aromatic rings. The fourth-order valence-corrected chi connectivity index (χ4v) is 2.67. The molecule has 0 radical (unpaired) electrons. The molecule has 112 valence electrons. The summed E-state index contributed by atoms with van der Waals surface area (Å²) in [6.45, 7) is 2.94. The minimum atomic E-state index is 0.0224. The third-order valence-corrected chi connectivity index (χ3v) is 3.89. The van der Waals surface area contributed by atoms with Crippen LogP contribution in [-0.2, 0) is 0 Å². The smallest absolute Gasteiger partial charge is 0.127 e. The third kappa shape index (κ3) is 3.57. The number of hydrogen-bond acceptors (Lipinski definition) is 3. The van der Waals surface area contributed by atoms with Gasteiger partial charge in [0.15, 0.2) is 0 Å². The van der Waals surface area contributed by atoms with Gasteiger partial charge in [0.1, 0.15) is 11.5 Å². The summed E-state index contributed by atoms with van der Waals surface area (Å²) in [5, 5.41) is 3.51. The molecule has 3 nitrogen and oxygen atoms in total. The lowest BCUT2D eigenvalue weighted by atomic mass is 9.96. The van der Waals surface area contributed by atoms with E-state index < -0.39 is 0 Å². The predicted molar refractivity (Wildman–Crippen MR) is 89.2 cm³/mol. The Balaban J connectivity index is 2.54. The van der Waals surface area contributed by atoms with Gasteiger partial charge >= 0.3 is 0 Å². The normalized spacial score (nSPS) is 12.0. The molecule has 2 aromatic carbocycles. The number of halogens is 1. The van der Waals surface area contributed by atoms with Crippen LogP contribution in [0.4, 0.5) is 0 Å². The maximum absolute atomic E-state index is 5.53. The van der Waals surface area contributed by atoms with E-state index in [2.05, 4.69) is 40.3 Å². The second-order valence-electron chi connectivity index (χ2n) is 4.62. The van der Waals surface area contributed by atoms with Crippen LogP contribution in [0.25, 0.3) is 0 Å². The minimum Gasteiger partial charge on any atom is -0.496 e. The molecule has 2 rings (SSSR count). The van der Waals surface area contributed by atoms with Crippen molar-refractivity contribution in [2.45, 2.75) is 13.0 Å². The summed E-state index contributed by atoms with van der Waals surface area (Å²) < 4.78 is 12.1. The lowest BCUT2D eigenvalue weighted by Crippen LogP contribution is -2.23. The molecule has 0 aliphatic rings. The summed E-state index contributed by atoms with van der Waals surface area (Å²) in [7, 11) is 3.37. The average Bonchev–Trinajstić information content (AvgIpc) is 2.53. The van der Waals surface area contributed by atoms with Crippen molar-refractivity contribution in [2.75, 3.05) is 20.8 Å². The Labute approximate surface area is 134 Å². The van der Waals surface area contributed by atoms with Crippen LogP contribution < -0.4 is 14.8 Å². The van der Waals surface area contributed by atoms with E-state index in [0.717, 1.165) is 28.1 Å². The molecule has 1 atom stereocenters. The zero-order valence-electron chi connectivity index (χ0n) is 12.5. The van der Waals surface area contributed by atoms with Crippen molar-refractivity contribution in [3.63, 3.8) is 0 Å². The topological polar surface area (TPSA) is 30.5 Å². The molecule has 0 heterocycles. The SMILES string of the molecule is CCNC(c1ccc(Br)cc1)c1c(OC)cccc1OC. The Morgan fingerprint density at radius 1 is 1.00 bits per heavy atom. The van der Waals surface area contributed by atoms with Crippen molar-refractivity contribution in [1.82, 2.24) is 5.32 Å². The van der Waals surface area contributed by atoms with Crippen LogP contribution in [0.15, 0.2) is 46.9 Å². The van der Waals surface area contributed by atoms with Gasteiger partial charge in [-0.05, 0) is 36.4 Å². The van der Waals surface area contributed by atoms with Crippen molar-refractivity contribution >= 4 is 15.9 Å². The fourth-order valence-electron chi connectivity index (χ4n) is 2.41. The van der Waals surface area contributed by atoms with Crippen LogP contribution in [0, 0.1) is 0 Å². The molecule has 0 spiro atoms. The summed E-state index contributed by atoms with van der Waals surface area (Å²) in [5.41, 5.74) is 2.19. The van der Waals surface area contributed by atoms with E-state index in [9.17, 15) is 0 Å². The summed E-state index contributed by atoms with van der Waals surface area (Å²) in [6.07, 6.45) is 0. The zero-order chi connectivity index (χ0) is 15.2. The van der Waals surface area contributed by atoms with E-state index in [1.165, 1.54) is 5.56 Å². The maximum atomic E-state index is 5.53. The van der Waals surface area contributed by atoms with Crippen molar-refractivity contribution in [1.29, 1.82) is 0 Å². The summed E-state index contributed by atoms with van der Waals surface area (Å²) in [4.78, 5) is 0. The fraction of sp³-hybridized carbons (Fsp3) is 0.294. The van der Waals surface area contributed by atoms with Crippen molar-refractivity contribution in [3.05, 3.63) is 58.1 Å². The first-order chi connectivity index (χ1) is 10.2. The first-order valence-corrected chi connectivity index (χ1v) is 7.70. The predicted octanol–water partition coefficient (Wildman–Crippen LogP) is 4.17. The van der Waals surface area contributed by atoms with Gasteiger partial charge in [-0.3, -0.25) is 0 Å². The van der Waals surface area contributed by atoms with Gasteiger partial charge < -0.3 is 14.8 Å². The number of hydrogen-bond donors (Lipinski definition) is 1. The van der Waals surface area contributed by atoms with E-state index in [0.29, 0.717) is 0 Å². The van der Waals surface area contributed by atoms with Gasteiger partial charge in [0.25, 0.3) is 0 Å². The van der Waals surface area contributed by atoms with Gasteiger partial charge in [-0.15, -0.1) is 0 Å². The molecule has 0 amide bonds. The van der Waals surface area contributed by atoms with Crippen molar-refractivity contribution in [2.24, 2.45) is 0 Å². The first kappa shape index (κ1) is 15.9. The van der Waals surface area contributed by atoms with Crippen molar-refractivity contribution < 1.29 is 9.47 Å². The molecule has 1 N–H and O–H groups in total. The Morgan fingerprint density at radius 3 is 2.05 bits per heavy atom. The highest BCUT2D eigenvalue weighted by molar-refractivity contribution is 9.10.